The topological polar surface area (TPSA) is 81.7 Å². The summed E-state index contributed by atoms with van der Waals surface area (Å²) in [5.41, 5.74) is 2.53. The van der Waals surface area contributed by atoms with Gasteiger partial charge in [0, 0.05) is 4.90 Å². The van der Waals surface area contributed by atoms with E-state index in [4.69, 9.17) is 9.47 Å². The molecule has 0 bridgehead atoms. The number of carbonyl (C=O) groups excluding carboxylic acids is 3. The number of ether oxygens (including phenoxy) is 2. The number of amides is 1. The first-order valence-electron chi connectivity index (χ1n) is 9.22. The monoisotopic (exact) mass is 415 g/mol. The van der Waals surface area contributed by atoms with E-state index in [2.05, 4.69) is 5.32 Å². The zero-order chi connectivity index (χ0) is 21.2. The molecule has 0 aromatic heterocycles. The summed E-state index contributed by atoms with van der Waals surface area (Å²) < 4.78 is 10.7. The molecule has 0 radical (unpaired) electrons. The third-order valence-electron chi connectivity index (χ3n) is 3.88. The van der Waals surface area contributed by atoms with Crippen LogP contribution in [0.5, 0.6) is 5.75 Å². The van der Waals surface area contributed by atoms with Crippen molar-refractivity contribution in [2.24, 2.45) is 0 Å². The summed E-state index contributed by atoms with van der Waals surface area (Å²) in [6.07, 6.45) is 0. The van der Waals surface area contributed by atoms with Crippen molar-refractivity contribution in [2.75, 3.05) is 25.5 Å². The fraction of sp³-hybridized carbons (Fsp3) is 0.318. The second-order valence-electron chi connectivity index (χ2n) is 6.53. The smallest absolute Gasteiger partial charge is 0.339 e. The average molecular weight is 416 g/mol. The molecular formula is C22H25NO5S. The molecule has 0 saturated carbocycles. The molecule has 0 saturated heterocycles. The highest BCUT2D eigenvalue weighted by Crippen LogP contribution is 2.23. The first kappa shape index (κ1) is 22.5. The van der Waals surface area contributed by atoms with E-state index < -0.39 is 11.9 Å². The Labute approximate surface area is 175 Å². The molecule has 0 heterocycles. The lowest BCUT2D eigenvalue weighted by molar-refractivity contribution is -0.124. The predicted molar refractivity (Wildman–Crippen MR) is 113 cm³/mol. The minimum Gasteiger partial charge on any atom is -0.491 e. The fourth-order valence-corrected chi connectivity index (χ4v) is 3.35. The van der Waals surface area contributed by atoms with Crippen molar-refractivity contribution >= 4 is 29.4 Å². The maximum absolute atomic E-state index is 12.3. The summed E-state index contributed by atoms with van der Waals surface area (Å²) >= 11 is 1.27. The summed E-state index contributed by atoms with van der Waals surface area (Å²) in [5.74, 6) is 0.0527. The van der Waals surface area contributed by atoms with Crippen LogP contribution in [0.1, 0.15) is 28.4 Å². The van der Waals surface area contributed by atoms with Crippen LogP contribution in [0.4, 0.5) is 0 Å². The van der Waals surface area contributed by atoms with Crippen molar-refractivity contribution in [3.05, 3.63) is 59.2 Å². The van der Waals surface area contributed by atoms with Crippen LogP contribution in [0.3, 0.4) is 0 Å². The van der Waals surface area contributed by atoms with Crippen molar-refractivity contribution < 1.29 is 23.9 Å². The number of thioether (sulfide) groups is 1. The minimum atomic E-state index is -0.599. The van der Waals surface area contributed by atoms with Crippen LogP contribution in [0, 0.1) is 13.8 Å². The number of esters is 1. The molecule has 7 heteroatoms. The number of ketones is 1. The molecule has 154 valence electrons. The Bertz CT molecular complexity index is 881. The Balaban J connectivity index is 1.75. The molecule has 2 aromatic rings. The molecule has 1 amide bonds. The summed E-state index contributed by atoms with van der Waals surface area (Å²) in [4.78, 5) is 36.0. The molecule has 29 heavy (non-hydrogen) atoms. The van der Waals surface area contributed by atoms with Crippen LogP contribution < -0.4 is 10.1 Å². The molecule has 6 nitrogen and oxygen atoms in total. The number of aryl methyl sites for hydroxylation is 2. The van der Waals surface area contributed by atoms with Gasteiger partial charge in [-0.05, 0) is 44.5 Å². The van der Waals surface area contributed by atoms with Gasteiger partial charge in [0.2, 0.25) is 0 Å². The molecule has 0 fully saturated rings. The van der Waals surface area contributed by atoms with Crippen molar-refractivity contribution in [3.63, 3.8) is 0 Å². The maximum Gasteiger partial charge on any atom is 0.339 e. The van der Waals surface area contributed by atoms with Crippen LogP contribution in [0.25, 0.3) is 0 Å². The summed E-state index contributed by atoms with van der Waals surface area (Å²) in [6.45, 7) is 5.70. The van der Waals surface area contributed by atoms with E-state index in [0.29, 0.717) is 23.6 Å². The molecule has 2 aromatic carbocycles. The van der Waals surface area contributed by atoms with Crippen LogP contribution in [0.15, 0.2) is 47.4 Å². The lowest BCUT2D eigenvalue weighted by Crippen LogP contribution is -2.32. The second-order valence-corrected chi connectivity index (χ2v) is 7.55. The van der Waals surface area contributed by atoms with Crippen molar-refractivity contribution in [3.8, 4) is 5.75 Å². The van der Waals surface area contributed by atoms with E-state index in [-0.39, 0.29) is 18.1 Å². The number of benzene rings is 2. The fourth-order valence-electron chi connectivity index (χ4n) is 2.51. The SMILES string of the molecule is CC(=O)CSc1ccccc1C(=O)OCC(=O)NCCOc1ccc(C)cc1C. The van der Waals surface area contributed by atoms with Gasteiger partial charge in [0.1, 0.15) is 18.1 Å². The van der Waals surface area contributed by atoms with Gasteiger partial charge in [0.15, 0.2) is 6.61 Å². The van der Waals surface area contributed by atoms with Crippen LogP contribution >= 0.6 is 11.8 Å². The Morgan fingerprint density at radius 3 is 2.55 bits per heavy atom. The molecule has 2 rings (SSSR count). The average Bonchev–Trinajstić information content (AvgIpc) is 2.69. The quantitative estimate of drug-likeness (QED) is 0.364. The molecule has 0 aliphatic rings. The van der Waals surface area contributed by atoms with E-state index in [1.165, 1.54) is 18.7 Å². The number of hydrogen-bond donors (Lipinski definition) is 1. The first-order chi connectivity index (χ1) is 13.9. The van der Waals surface area contributed by atoms with Crippen molar-refractivity contribution in [1.29, 1.82) is 0 Å². The molecule has 0 atom stereocenters. The number of rotatable bonds is 10. The number of carbonyl (C=O) groups is 3. The first-order valence-corrected chi connectivity index (χ1v) is 10.2. The van der Waals surface area contributed by atoms with Gasteiger partial charge in [-0.2, -0.15) is 0 Å². The number of Topliss-reactive ketones (excluding diaryl/α,β-unsaturated/α-hetero) is 1. The van der Waals surface area contributed by atoms with Gasteiger partial charge in [-0.25, -0.2) is 4.79 Å². The maximum atomic E-state index is 12.3. The third kappa shape index (κ3) is 7.62. The van der Waals surface area contributed by atoms with E-state index in [0.717, 1.165) is 16.9 Å². The van der Waals surface area contributed by atoms with Gasteiger partial charge in [-0.1, -0.05) is 29.8 Å². The van der Waals surface area contributed by atoms with Crippen LogP contribution in [-0.2, 0) is 14.3 Å². The lowest BCUT2D eigenvalue weighted by Gasteiger charge is -2.11. The zero-order valence-electron chi connectivity index (χ0n) is 16.8. The van der Waals surface area contributed by atoms with E-state index in [1.807, 2.05) is 32.0 Å². The van der Waals surface area contributed by atoms with Gasteiger partial charge in [0.05, 0.1) is 17.9 Å². The van der Waals surface area contributed by atoms with Crippen molar-refractivity contribution in [2.45, 2.75) is 25.7 Å². The number of hydrogen-bond acceptors (Lipinski definition) is 6. The van der Waals surface area contributed by atoms with E-state index in [9.17, 15) is 14.4 Å². The highest BCUT2D eigenvalue weighted by atomic mass is 32.2. The van der Waals surface area contributed by atoms with E-state index in [1.54, 1.807) is 24.3 Å². The van der Waals surface area contributed by atoms with Crippen molar-refractivity contribution in [1.82, 2.24) is 5.32 Å². The molecule has 0 spiro atoms. The zero-order valence-corrected chi connectivity index (χ0v) is 17.6. The van der Waals surface area contributed by atoms with Gasteiger partial charge < -0.3 is 14.8 Å². The molecular weight excluding hydrogens is 390 g/mol. The third-order valence-corrected chi connectivity index (χ3v) is 5.10. The molecule has 0 unspecified atom stereocenters. The molecule has 0 aliphatic heterocycles. The molecule has 1 N–H and O–H groups in total. The van der Waals surface area contributed by atoms with Gasteiger partial charge in [0.25, 0.3) is 5.91 Å². The number of nitrogens with one attached hydrogen (secondary N) is 1. The summed E-state index contributed by atoms with van der Waals surface area (Å²) in [7, 11) is 0. The predicted octanol–water partition coefficient (Wildman–Crippen LogP) is 3.34. The Morgan fingerprint density at radius 1 is 1.07 bits per heavy atom. The summed E-state index contributed by atoms with van der Waals surface area (Å²) in [6, 6.07) is 12.7. The Morgan fingerprint density at radius 2 is 1.83 bits per heavy atom. The van der Waals surface area contributed by atoms with Gasteiger partial charge in [-0.3, -0.25) is 9.59 Å². The minimum absolute atomic E-state index is 0.0144. The van der Waals surface area contributed by atoms with E-state index >= 15 is 0 Å². The van der Waals surface area contributed by atoms with Gasteiger partial charge in [-0.15, -0.1) is 11.8 Å². The second kappa shape index (κ2) is 11.3. The Hall–Kier alpha value is -2.80. The lowest BCUT2D eigenvalue weighted by atomic mass is 10.1. The van der Waals surface area contributed by atoms with Gasteiger partial charge >= 0.3 is 5.97 Å². The van der Waals surface area contributed by atoms with Crippen LogP contribution in [0.2, 0.25) is 0 Å². The molecule has 0 aliphatic carbocycles. The Kier molecular flexibility index (Phi) is 8.73. The summed E-state index contributed by atoms with van der Waals surface area (Å²) in [5, 5.41) is 2.65. The highest BCUT2D eigenvalue weighted by molar-refractivity contribution is 8.00. The normalized spacial score (nSPS) is 10.3. The standard InChI is InChI=1S/C22H25NO5S/c1-15-8-9-19(16(2)12-15)27-11-10-23-21(25)13-28-22(26)18-6-4-5-7-20(18)29-14-17(3)24/h4-9,12H,10-11,13-14H2,1-3H3,(H,23,25). The largest absolute Gasteiger partial charge is 0.491 e. The van der Waals surface area contributed by atoms with Crippen LogP contribution in [-0.4, -0.2) is 43.2 Å². The highest BCUT2D eigenvalue weighted by Gasteiger charge is 2.15.